The number of nitrogens with two attached hydrogens (primary N) is 1. The third kappa shape index (κ3) is 11.9. The first-order valence-corrected chi connectivity index (χ1v) is 6.28. The normalized spacial score (nSPS) is 11.8. The van der Waals surface area contributed by atoms with Crippen LogP contribution in [-0.4, -0.2) is 19.1 Å². The molecule has 0 spiro atoms. The number of nitrogens with one attached hydrogen (secondary N) is 1. The van der Waals surface area contributed by atoms with E-state index < -0.39 is 0 Å². The van der Waals surface area contributed by atoms with Crippen LogP contribution >= 0.6 is 0 Å². The molecule has 0 aromatic rings. The predicted octanol–water partition coefficient (Wildman–Crippen LogP) is 2.92. The van der Waals surface area contributed by atoms with Crippen LogP contribution in [0.2, 0.25) is 0 Å². The Balaban J connectivity index is 0. The van der Waals surface area contributed by atoms with Crippen molar-refractivity contribution in [1.82, 2.24) is 5.32 Å². The van der Waals surface area contributed by atoms with Crippen LogP contribution in [0.1, 0.15) is 59.8 Å². The van der Waals surface area contributed by atoms with E-state index in [0.717, 1.165) is 25.6 Å². The molecule has 0 rings (SSSR count). The van der Waals surface area contributed by atoms with Crippen LogP contribution in [0.5, 0.6) is 0 Å². The van der Waals surface area contributed by atoms with Gasteiger partial charge in [-0.2, -0.15) is 0 Å². The minimum Gasteiger partial charge on any atom is -0.330 e. The minimum absolute atomic E-state index is 0.719. The summed E-state index contributed by atoms with van der Waals surface area (Å²) in [5.41, 5.74) is 5.42. The molecule has 14 heavy (non-hydrogen) atoms. The highest BCUT2D eigenvalue weighted by atomic mass is 14.9. The molecule has 88 valence electrons. The molecule has 2 nitrogen and oxygen atoms in total. The van der Waals surface area contributed by atoms with E-state index in [0.29, 0.717) is 0 Å². The third-order valence-electron chi connectivity index (χ3n) is 2.21. The van der Waals surface area contributed by atoms with Crippen molar-refractivity contribution in [1.29, 1.82) is 0 Å². The first-order valence-electron chi connectivity index (χ1n) is 6.28. The lowest BCUT2D eigenvalue weighted by Crippen LogP contribution is -2.30. The Hall–Kier alpha value is -0.0800. The van der Waals surface area contributed by atoms with Gasteiger partial charge in [-0.15, -0.1) is 0 Å². The fourth-order valence-electron chi connectivity index (χ4n) is 1.31. The molecule has 0 radical (unpaired) electrons. The maximum atomic E-state index is 5.42. The second kappa shape index (κ2) is 15.4. The molecule has 0 bridgehead atoms. The van der Waals surface area contributed by atoms with E-state index >= 15 is 0 Å². The monoisotopic (exact) mass is 202 g/mol. The smallest absolute Gasteiger partial charge is 0.00644 e. The van der Waals surface area contributed by atoms with Crippen molar-refractivity contribution in [2.45, 2.75) is 65.8 Å². The molecule has 0 aliphatic heterocycles. The average Bonchev–Trinajstić information content (AvgIpc) is 2.26. The van der Waals surface area contributed by atoms with Gasteiger partial charge >= 0.3 is 0 Å². The molecule has 0 amide bonds. The quantitative estimate of drug-likeness (QED) is 0.594. The fraction of sp³-hybridized carbons (Fsp3) is 1.00. The topological polar surface area (TPSA) is 38.0 Å². The number of hydrogen-bond donors (Lipinski definition) is 2. The summed E-state index contributed by atoms with van der Waals surface area (Å²) >= 11 is 0. The van der Waals surface area contributed by atoms with Crippen molar-refractivity contribution in [2.24, 2.45) is 5.73 Å². The summed E-state index contributed by atoms with van der Waals surface area (Å²) in [4.78, 5) is 0. The number of unbranched alkanes of at least 4 members (excludes halogenated alkanes) is 1. The van der Waals surface area contributed by atoms with Crippen LogP contribution < -0.4 is 11.1 Å². The van der Waals surface area contributed by atoms with Crippen LogP contribution in [0, 0.1) is 0 Å². The van der Waals surface area contributed by atoms with Gasteiger partial charge in [-0.25, -0.2) is 0 Å². The van der Waals surface area contributed by atoms with Gasteiger partial charge in [0.05, 0.1) is 0 Å². The molecule has 0 aromatic heterocycles. The van der Waals surface area contributed by atoms with Gasteiger partial charge < -0.3 is 11.1 Å². The summed E-state index contributed by atoms with van der Waals surface area (Å²) in [7, 11) is 0. The maximum Gasteiger partial charge on any atom is 0.00644 e. The van der Waals surface area contributed by atoms with Gasteiger partial charge in [0.2, 0.25) is 0 Å². The Morgan fingerprint density at radius 3 is 2.21 bits per heavy atom. The van der Waals surface area contributed by atoms with Gasteiger partial charge in [0.1, 0.15) is 0 Å². The summed E-state index contributed by atoms with van der Waals surface area (Å²) in [5, 5.41) is 3.53. The van der Waals surface area contributed by atoms with Gasteiger partial charge in [0.15, 0.2) is 0 Å². The SMILES string of the molecule is CC.CCCCC(CC)NCCCN. The zero-order valence-electron chi connectivity index (χ0n) is 10.6. The van der Waals surface area contributed by atoms with Crippen molar-refractivity contribution >= 4 is 0 Å². The Kier molecular flexibility index (Phi) is 18.0. The second-order valence-electron chi connectivity index (χ2n) is 3.34. The second-order valence-corrected chi connectivity index (χ2v) is 3.34. The van der Waals surface area contributed by atoms with E-state index in [4.69, 9.17) is 5.73 Å². The lowest BCUT2D eigenvalue weighted by molar-refractivity contribution is 0.450. The molecule has 2 heteroatoms. The highest BCUT2D eigenvalue weighted by Gasteiger charge is 2.02. The lowest BCUT2D eigenvalue weighted by atomic mass is 10.1. The Bertz CT molecular complexity index is 84.4. The molecular formula is C12H30N2. The zero-order chi connectivity index (χ0) is 11.2. The standard InChI is InChI=1S/C10H24N2.C2H6/c1-3-5-7-10(4-2)12-9-6-8-11;1-2/h10,12H,3-9,11H2,1-2H3;1-2H3. The van der Waals surface area contributed by atoms with Crippen molar-refractivity contribution in [3.05, 3.63) is 0 Å². The number of rotatable bonds is 8. The van der Waals surface area contributed by atoms with E-state index in [1.54, 1.807) is 0 Å². The summed E-state index contributed by atoms with van der Waals surface area (Å²) in [5.74, 6) is 0. The minimum atomic E-state index is 0.719. The number of hydrogen-bond acceptors (Lipinski definition) is 2. The van der Waals surface area contributed by atoms with E-state index in [-0.39, 0.29) is 0 Å². The molecule has 0 aliphatic carbocycles. The molecule has 0 fully saturated rings. The van der Waals surface area contributed by atoms with Crippen LogP contribution in [0.25, 0.3) is 0 Å². The Labute approximate surface area is 90.6 Å². The van der Waals surface area contributed by atoms with Crippen molar-refractivity contribution in [3.8, 4) is 0 Å². The Morgan fingerprint density at radius 1 is 1.14 bits per heavy atom. The molecule has 1 atom stereocenters. The summed E-state index contributed by atoms with van der Waals surface area (Å²) < 4.78 is 0. The van der Waals surface area contributed by atoms with Crippen molar-refractivity contribution < 1.29 is 0 Å². The highest BCUT2D eigenvalue weighted by molar-refractivity contribution is 4.64. The van der Waals surface area contributed by atoms with Crippen molar-refractivity contribution in [3.63, 3.8) is 0 Å². The van der Waals surface area contributed by atoms with E-state index in [2.05, 4.69) is 19.2 Å². The molecule has 0 heterocycles. The molecule has 1 unspecified atom stereocenters. The van der Waals surface area contributed by atoms with Crippen molar-refractivity contribution in [2.75, 3.05) is 13.1 Å². The zero-order valence-corrected chi connectivity index (χ0v) is 10.6. The van der Waals surface area contributed by atoms with Crippen LogP contribution in [-0.2, 0) is 0 Å². The Morgan fingerprint density at radius 2 is 1.79 bits per heavy atom. The van der Waals surface area contributed by atoms with Gasteiger partial charge in [-0.05, 0) is 32.4 Å². The molecule has 3 N–H and O–H groups in total. The maximum absolute atomic E-state index is 5.42. The fourth-order valence-corrected chi connectivity index (χ4v) is 1.31. The van der Waals surface area contributed by atoms with E-state index in [9.17, 15) is 0 Å². The van der Waals surface area contributed by atoms with Crippen LogP contribution in [0.3, 0.4) is 0 Å². The summed E-state index contributed by atoms with van der Waals surface area (Å²) in [6.07, 6.45) is 6.30. The largest absolute Gasteiger partial charge is 0.330 e. The molecular weight excluding hydrogens is 172 g/mol. The average molecular weight is 202 g/mol. The lowest BCUT2D eigenvalue weighted by Gasteiger charge is -2.15. The van der Waals surface area contributed by atoms with Gasteiger partial charge in [0.25, 0.3) is 0 Å². The third-order valence-corrected chi connectivity index (χ3v) is 2.21. The van der Waals surface area contributed by atoms with Crippen LogP contribution in [0.4, 0.5) is 0 Å². The van der Waals surface area contributed by atoms with E-state index in [1.165, 1.54) is 25.7 Å². The van der Waals surface area contributed by atoms with Gasteiger partial charge in [0, 0.05) is 6.04 Å². The van der Waals surface area contributed by atoms with Gasteiger partial charge in [-0.1, -0.05) is 40.5 Å². The first kappa shape index (κ1) is 16.4. The highest BCUT2D eigenvalue weighted by Crippen LogP contribution is 2.03. The summed E-state index contributed by atoms with van der Waals surface area (Å²) in [6, 6.07) is 0.719. The molecule has 0 saturated heterocycles. The van der Waals surface area contributed by atoms with Crippen LogP contribution in [0.15, 0.2) is 0 Å². The van der Waals surface area contributed by atoms with Gasteiger partial charge in [-0.3, -0.25) is 0 Å². The summed E-state index contributed by atoms with van der Waals surface area (Å²) in [6.45, 7) is 10.4. The van der Waals surface area contributed by atoms with E-state index in [1.807, 2.05) is 13.8 Å². The molecule has 0 saturated carbocycles. The molecule has 0 aliphatic rings. The molecule has 0 aromatic carbocycles. The predicted molar refractivity (Wildman–Crippen MR) is 66.6 cm³/mol. The first-order chi connectivity index (χ1) is 6.85.